The molecule has 0 radical (unpaired) electrons. The molecule has 6 heteroatoms. The van der Waals surface area contributed by atoms with Crippen molar-refractivity contribution in [3.05, 3.63) is 0 Å². The minimum Gasteiger partial charge on any atom is -0.481 e. The molecule has 0 aromatic carbocycles. The van der Waals surface area contributed by atoms with Crippen LogP contribution >= 0.6 is 0 Å². The molecule has 1 fully saturated rings. The number of nitrogens with one attached hydrogen (secondary N) is 1. The summed E-state index contributed by atoms with van der Waals surface area (Å²) < 4.78 is 0. The summed E-state index contributed by atoms with van der Waals surface area (Å²) in [6.45, 7) is 8.72. The average Bonchev–Trinajstić information content (AvgIpc) is 2.37. The zero-order valence-corrected chi connectivity index (χ0v) is 14.1. The molecule has 1 aliphatic rings. The lowest BCUT2D eigenvalue weighted by atomic mass is 9.74. The van der Waals surface area contributed by atoms with Gasteiger partial charge in [-0.2, -0.15) is 0 Å². The van der Waals surface area contributed by atoms with Crippen LogP contribution in [0.25, 0.3) is 0 Å². The first kappa shape index (κ1) is 17.8. The van der Waals surface area contributed by atoms with E-state index in [0.717, 1.165) is 25.9 Å². The van der Waals surface area contributed by atoms with Crippen LogP contribution < -0.4 is 5.32 Å². The number of carboxylic acids is 1. The Morgan fingerprint density at radius 3 is 2.10 bits per heavy atom. The Balaban J connectivity index is 2.69. The fourth-order valence-electron chi connectivity index (χ4n) is 2.33. The molecule has 0 unspecified atom stereocenters. The predicted molar refractivity (Wildman–Crippen MR) is 82.3 cm³/mol. The first-order valence-corrected chi connectivity index (χ1v) is 7.46. The van der Waals surface area contributed by atoms with Crippen molar-refractivity contribution in [3.8, 4) is 0 Å². The third kappa shape index (κ3) is 3.87. The monoisotopic (exact) mass is 299 g/mol. The molecule has 0 spiro atoms. The lowest BCUT2D eigenvalue weighted by Crippen LogP contribution is -2.60. The van der Waals surface area contributed by atoms with Crippen LogP contribution in [-0.4, -0.2) is 65.7 Å². The zero-order chi connectivity index (χ0) is 16.4. The van der Waals surface area contributed by atoms with Gasteiger partial charge in [0.15, 0.2) is 0 Å². The fourth-order valence-corrected chi connectivity index (χ4v) is 2.33. The Kier molecular flexibility index (Phi) is 5.25. The third-order valence-corrected chi connectivity index (χ3v) is 5.07. The van der Waals surface area contributed by atoms with Gasteiger partial charge in [0.05, 0.1) is 11.0 Å². The van der Waals surface area contributed by atoms with Gasteiger partial charge in [-0.3, -0.25) is 4.79 Å². The largest absolute Gasteiger partial charge is 0.481 e. The van der Waals surface area contributed by atoms with E-state index in [9.17, 15) is 14.7 Å². The van der Waals surface area contributed by atoms with Gasteiger partial charge in [-0.05, 0) is 60.7 Å². The highest BCUT2D eigenvalue weighted by molar-refractivity contribution is 5.79. The Bertz CT molecular complexity index is 399. The van der Waals surface area contributed by atoms with Gasteiger partial charge in [0.1, 0.15) is 0 Å². The first-order valence-electron chi connectivity index (χ1n) is 7.46. The molecule has 0 saturated carbocycles. The minimum absolute atomic E-state index is 0.205. The second kappa shape index (κ2) is 6.22. The van der Waals surface area contributed by atoms with Crippen molar-refractivity contribution in [1.29, 1.82) is 0 Å². The minimum atomic E-state index is -1.05. The first-order chi connectivity index (χ1) is 9.49. The van der Waals surface area contributed by atoms with Crippen molar-refractivity contribution < 1.29 is 14.7 Å². The molecule has 2 N–H and O–H groups in total. The number of hydrogen-bond donors (Lipinski definition) is 2. The van der Waals surface area contributed by atoms with Crippen LogP contribution in [0, 0.1) is 5.41 Å². The molecular weight excluding hydrogens is 270 g/mol. The van der Waals surface area contributed by atoms with E-state index in [1.807, 2.05) is 0 Å². The van der Waals surface area contributed by atoms with Gasteiger partial charge < -0.3 is 20.2 Å². The molecule has 0 aromatic heterocycles. The van der Waals surface area contributed by atoms with Crippen molar-refractivity contribution in [2.45, 2.75) is 52.1 Å². The smallest absolute Gasteiger partial charge is 0.317 e. The van der Waals surface area contributed by atoms with Crippen molar-refractivity contribution in [2.24, 2.45) is 5.41 Å². The summed E-state index contributed by atoms with van der Waals surface area (Å²) in [5.74, 6) is -0.922. The Hall–Kier alpha value is -1.30. The summed E-state index contributed by atoms with van der Waals surface area (Å²) in [6, 6.07) is 0.00817. The fraction of sp³-hybridized carbons (Fsp3) is 0.867. The number of nitrogens with zero attached hydrogens (tertiary/aromatic N) is 2. The van der Waals surface area contributed by atoms with E-state index >= 15 is 0 Å². The highest BCUT2D eigenvalue weighted by atomic mass is 16.4. The maximum Gasteiger partial charge on any atom is 0.317 e. The van der Waals surface area contributed by atoms with Crippen molar-refractivity contribution in [1.82, 2.24) is 15.1 Å². The molecule has 0 bridgehead atoms. The van der Waals surface area contributed by atoms with Crippen molar-refractivity contribution in [2.75, 3.05) is 27.2 Å². The van der Waals surface area contributed by atoms with Crippen molar-refractivity contribution in [3.63, 3.8) is 0 Å². The van der Waals surface area contributed by atoms with Gasteiger partial charge in [0.25, 0.3) is 0 Å². The number of piperidine rings is 1. The van der Waals surface area contributed by atoms with Gasteiger partial charge in [-0.15, -0.1) is 0 Å². The lowest BCUT2D eigenvalue weighted by molar-refractivity contribution is -0.150. The summed E-state index contributed by atoms with van der Waals surface area (Å²) in [5.41, 5.74) is -1.88. The molecule has 0 aliphatic carbocycles. The quantitative estimate of drug-likeness (QED) is 0.827. The summed E-state index contributed by atoms with van der Waals surface area (Å²) in [4.78, 5) is 27.8. The molecule has 2 amide bonds. The molecule has 122 valence electrons. The zero-order valence-electron chi connectivity index (χ0n) is 14.1. The normalized spacial score (nSPS) is 18.4. The number of urea groups is 1. The predicted octanol–water partition coefficient (Wildman–Crippen LogP) is 1.61. The van der Waals surface area contributed by atoms with Crippen LogP contribution in [0.4, 0.5) is 4.79 Å². The summed E-state index contributed by atoms with van der Waals surface area (Å²) in [6.07, 6.45) is 1.90. The lowest BCUT2D eigenvalue weighted by Gasteiger charge is -2.41. The molecule has 21 heavy (non-hydrogen) atoms. The number of carbonyl (C=O) groups is 2. The van der Waals surface area contributed by atoms with Crippen LogP contribution in [0.15, 0.2) is 0 Å². The maximum atomic E-state index is 12.4. The molecule has 6 nitrogen and oxygen atoms in total. The standard InChI is InChI=1S/C15H29N3O3/c1-14(2,12(19)20)15(3,4)16-13(21)18(6)11-7-9-17(5)10-8-11/h11H,7-10H2,1-6H3,(H,16,21)(H,19,20). The Morgan fingerprint density at radius 2 is 1.67 bits per heavy atom. The number of likely N-dealkylation sites (tertiary alicyclic amines) is 1. The molecule has 0 atom stereocenters. The van der Waals surface area contributed by atoms with Crippen LogP contribution in [0.5, 0.6) is 0 Å². The van der Waals surface area contributed by atoms with E-state index in [1.54, 1.807) is 39.6 Å². The van der Waals surface area contributed by atoms with E-state index in [4.69, 9.17) is 0 Å². The third-order valence-electron chi connectivity index (χ3n) is 5.07. The second-order valence-electron chi connectivity index (χ2n) is 7.13. The number of rotatable bonds is 4. The number of hydrogen-bond acceptors (Lipinski definition) is 3. The number of carbonyl (C=O) groups excluding carboxylic acids is 1. The van der Waals surface area contributed by atoms with Gasteiger partial charge >= 0.3 is 12.0 Å². The van der Waals surface area contributed by atoms with Gasteiger partial charge in [0, 0.05) is 13.1 Å². The second-order valence-corrected chi connectivity index (χ2v) is 7.13. The van der Waals surface area contributed by atoms with E-state index in [2.05, 4.69) is 17.3 Å². The SMILES string of the molecule is CN1CCC(N(C)C(=O)NC(C)(C)C(C)(C)C(=O)O)CC1. The topological polar surface area (TPSA) is 72.9 Å². The van der Waals surface area contributed by atoms with Crippen molar-refractivity contribution >= 4 is 12.0 Å². The molecule has 0 aromatic rings. The highest BCUT2D eigenvalue weighted by Gasteiger charge is 2.45. The number of amides is 2. The molecule has 1 heterocycles. The highest BCUT2D eigenvalue weighted by Crippen LogP contribution is 2.31. The Morgan fingerprint density at radius 1 is 1.19 bits per heavy atom. The summed E-state index contributed by atoms with van der Waals surface area (Å²) in [5, 5.41) is 12.2. The van der Waals surface area contributed by atoms with Gasteiger partial charge in [0.2, 0.25) is 0 Å². The van der Waals surface area contributed by atoms with Crippen LogP contribution in [-0.2, 0) is 4.79 Å². The van der Waals surface area contributed by atoms with E-state index in [0.29, 0.717) is 0 Å². The number of aliphatic carboxylic acids is 1. The van der Waals surface area contributed by atoms with E-state index < -0.39 is 16.9 Å². The van der Waals surface area contributed by atoms with E-state index in [1.165, 1.54) is 0 Å². The van der Waals surface area contributed by atoms with Crippen LogP contribution in [0.1, 0.15) is 40.5 Å². The number of carboxylic acid groups (broad SMARTS) is 1. The van der Waals surface area contributed by atoms with Gasteiger partial charge in [-0.25, -0.2) is 4.79 Å². The maximum absolute atomic E-state index is 12.4. The molecular formula is C15H29N3O3. The summed E-state index contributed by atoms with van der Waals surface area (Å²) in [7, 11) is 3.87. The van der Waals surface area contributed by atoms with Crippen LogP contribution in [0.2, 0.25) is 0 Å². The van der Waals surface area contributed by atoms with Crippen LogP contribution in [0.3, 0.4) is 0 Å². The van der Waals surface area contributed by atoms with E-state index in [-0.39, 0.29) is 12.1 Å². The molecule has 1 aliphatic heterocycles. The average molecular weight is 299 g/mol. The molecule has 1 saturated heterocycles. The Labute approximate surface area is 127 Å². The molecule has 1 rings (SSSR count). The summed E-state index contributed by atoms with van der Waals surface area (Å²) >= 11 is 0. The van der Waals surface area contributed by atoms with Gasteiger partial charge in [-0.1, -0.05) is 0 Å².